The van der Waals surface area contributed by atoms with Gasteiger partial charge in [0.2, 0.25) is 5.91 Å². The summed E-state index contributed by atoms with van der Waals surface area (Å²) in [5.74, 6) is -0.340. The van der Waals surface area contributed by atoms with Gasteiger partial charge in [-0.05, 0) is 38.0 Å². The number of carboxylic acid groups (broad SMARTS) is 1. The molecule has 0 fully saturated rings. The molecular formula is C15H20NO5-. The lowest BCUT2D eigenvalue weighted by atomic mass is 10.2. The quantitative estimate of drug-likeness (QED) is 0.759. The summed E-state index contributed by atoms with van der Waals surface area (Å²) in [5.41, 5.74) is 0.838. The number of methoxy groups -OCH3 is 1. The van der Waals surface area contributed by atoms with E-state index in [4.69, 9.17) is 9.47 Å². The molecule has 0 heterocycles. The van der Waals surface area contributed by atoms with E-state index in [2.05, 4.69) is 5.32 Å². The predicted molar refractivity (Wildman–Crippen MR) is 74.8 cm³/mol. The molecule has 21 heavy (non-hydrogen) atoms. The van der Waals surface area contributed by atoms with Crippen molar-refractivity contribution in [2.45, 2.75) is 39.3 Å². The number of carboxylic acids is 1. The van der Waals surface area contributed by atoms with Crippen molar-refractivity contribution in [1.29, 1.82) is 0 Å². The van der Waals surface area contributed by atoms with Gasteiger partial charge in [-0.3, -0.25) is 4.79 Å². The summed E-state index contributed by atoms with van der Waals surface area (Å²) in [6, 6.07) is 5.37. The molecule has 0 atom stereocenters. The minimum absolute atomic E-state index is 0.0362. The van der Waals surface area contributed by atoms with Gasteiger partial charge in [-0.25, -0.2) is 0 Å². The number of nitrogens with one attached hydrogen (secondary N) is 1. The number of hydrogen-bond acceptors (Lipinski definition) is 5. The van der Waals surface area contributed by atoms with E-state index in [0.717, 1.165) is 5.56 Å². The van der Waals surface area contributed by atoms with Crippen LogP contribution in [0.5, 0.6) is 11.5 Å². The van der Waals surface area contributed by atoms with Crippen LogP contribution in [0.2, 0.25) is 0 Å². The maximum Gasteiger partial charge on any atom is 0.220 e. The number of benzene rings is 1. The number of carbonyl (C=O) groups is 2. The smallest absolute Gasteiger partial charge is 0.220 e. The first kappa shape index (κ1) is 16.8. The van der Waals surface area contributed by atoms with Gasteiger partial charge in [0.1, 0.15) is 0 Å². The summed E-state index contributed by atoms with van der Waals surface area (Å²) in [5, 5.41) is 12.9. The summed E-state index contributed by atoms with van der Waals surface area (Å²) >= 11 is 0. The molecular weight excluding hydrogens is 274 g/mol. The lowest BCUT2D eigenvalue weighted by molar-refractivity contribution is -0.305. The lowest BCUT2D eigenvalue weighted by Gasteiger charge is -2.14. The highest BCUT2D eigenvalue weighted by Gasteiger charge is 2.08. The van der Waals surface area contributed by atoms with Crippen LogP contribution in [-0.2, 0) is 16.1 Å². The van der Waals surface area contributed by atoms with Gasteiger partial charge in [-0.1, -0.05) is 6.07 Å². The number of rotatable bonds is 8. The van der Waals surface area contributed by atoms with Crippen LogP contribution in [-0.4, -0.2) is 25.1 Å². The Morgan fingerprint density at radius 3 is 2.52 bits per heavy atom. The van der Waals surface area contributed by atoms with Crippen LogP contribution in [0.1, 0.15) is 32.3 Å². The van der Waals surface area contributed by atoms with E-state index in [-0.39, 0.29) is 24.9 Å². The molecule has 0 bridgehead atoms. The molecule has 116 valence electrons. The van der Waals surface area contributed by atoms with Gasteiger partial charge in [-0.2, -0.15) is 0 Å². The fourth-order valence-electron chi connectivity index (χ4n) is 1.68. The first-order chi connectivity index (χ1) is 9.92. The third-order valence-electron chi connectivity index (χ3n) is 2.64. The van der Waals surface area contributed by atoms with Crippen LogP contribution in [0, 0.1) is 0 Å². The molecule has 0 aliphatic heterocycles. The van der Waals surface area contributed by atoms with Gasteiger partial charge in [0.15, 0.2) is 11.5 Å². The van der Waals surface area contributed by atoms with E-state index < -0.39 is 5.97 Å². The molecule has 0 radical (unpaired) electrons. The molecule has 1 aromatic carbocycles. The Bertz CT molecular complexity index is 499. The van der Waals surface area contributed by atoms with Crippen molar-refractivity contribution in [3.05, 3.63) is 23.8 Å². The zero-order valence-corrected chi connectivity index (χ0v) is 12.5. The average molecular weight is 294 g/mol. The third kappa shape index (κ3) is 6.16. The molecule has 1 rings (SSSR count). The maximum absolute atomic E-state index is 11.4. The lowest BCUT2D eigenvalue weighted by Crippen LogP contribution is -2.27. The zero-order chi connectivity index (χ0) is 15.8. The van der Waals surface area contributed by atoms with Crippen LogP contribution in [0.15, 0.2) is 18.2 Å². The Kier molecular flexibility index (Phi) is 6.52. The molecule has 1 N–H and O–H groups in total. The minimum Gasteiger partial charge on any atom is -0.550 e. The first-order valence-electron chi connectivity index (χ1n) is 6.72. The van der Waals surface area contributed by atoms with Crippen LogP contribution >= 0.6 is 0 Å². The third-order valence-corrected chi connectivity index (χ3v) is 2.64. The van der Waals surface area contributed by atoms with E-state index in [1.165, 1.54) is 0 Å². The second-order valence-corrected chi connectivity index (χ2v) is 4.80. The Hall–Kier alpha value is -2.24. The molecule has 0 aromatic heterocycles. The number of aliphatic carboxylic acids is 1. The van der Waals surface area contributed by atoms with E-state index in [9.17, 15) is 14.7 Å². The SMILES string of the molecule is COc1cc(CNC(=O)CCC(=O)[O-])ccc1OC(C)C. The molecule has 6 heteroatoms. The Morgan fingerprint density at radius 2 is 1.95 bits per heavy atom. The number of amides is 1. The zero-order valence-electron chi connectivity index (χ0n) is 12.5. The standard InChI is InChI=1S/C15H21NO5/c1-10(2)21-12-5-4-11(8-13(12)20-3)9-16-14(17)6-7-15(18)19/h4-5,8,10H,6-7,9H2,1-3H3,(H,16,17)(H,18,19)/p-1. The molecule has 0 unspecified atom stereocenters. The fraction of sp³-hybridized carbons (Fsp3) is 0.467. The summed E-state index contributed by atoms with van der Waals surface area (Å²) in [4.78, 5) is 21.7. The van der Waals surface area contributed by atoms with Gasteiger partial charge in [-0.15, -0.1) is 0 Å². The van der Waals surface area contributed by atoms with Crippen LogP contribution in [0.3, 0.4) is 0 Å². The van der Waals surface area contributed by atoms with Gasteiger partial charge < -0.3 is 24.7 Å². The Morgan fingerprint density at radius 1 is 1.24 bits per heavy atom. The highest BCUT2D eigenvalue weighted by atomic mass is 16.5. The van der Waals surface area contributed by atoms with Crippen molar-refractivity contribution in [2.24, 2.45) is 0 Å². The van der Waals surface area contributed by atoms with Crippen LogP contribution in [0.25, 0.3) is 0 Å². The molecule has 0 spiro atoms. The van der Waals surface area contributed by atoms with Crippen molar-refractivity contribution in [3.63, 3.8) is 0 Å². The van der Waals surface area contributed by atoms with E-state index in [1.807, 2.05) is 19.9 Å². The van der Waals surface area contributed by atoms with Crippen molar-refractivity contribution in [2.75, 3.05) is 7.11 Å². The van der Waals surface area contributed by atoms with Crippen molar-refractivity contribution >= 4 is 11.9 Å². The van der Waals surface area contributed by atoms with E-state index >= 15 is 0 Å². The van der Waals surface area contributed by atoms with Gasteiger partial charge in [0.25, 0.3) is 0 Å². The molecule has 0 saturated carbocycles. The van der Waals surface area contributed by atoms with Gasteiger partial charge >= 0.3 is 0 Å². The minimum atomic E-state index is -1.23. The normalized spacial score (nSPS) is 10.3. The second kappa shape index (κ2) is 8.14. The number of carbonyl (C=O) groups excluding carboxylic acids is 2. The second-order valence-electron chi connectivity index (χ2n) is 4.80. The first-order valence-corrected chi connectivity index (χ1v) is 6.72. The van der Waals surface area contributed by atoms with E-state index in [1.54, 1.807) is 19.2 Å². The molecule has 0 saturated heterocycles. The number of hydrogen-bond donors (Lipinski definition) is 1. The molecule has 6 nitrogen and oxygen atoms in total. The van der Waals surface area contributed by atoms with Gasteiger partial charge in [0, 0.05) is 18.9 Å². The summed E-state index contributed by atoms with van der Waals surface area (Å²) in [7, 11) is 1.55. The topological polar surface area (TPSA) is 87.7 Å². The van der Waals surface area contributed by atoms with Crippen molar-refractivity contribution < 1.29 is 24.2 Å². The Labute approximate surface area is 124 Å². The average Bonchev–Trinajstić information content (AvgIpc) is 2.43. The fourth-order valence-corrected chi connectivity index (χ4v) is 1.68. The van der Waals surface area contributed by atoms with Crippen LogP contribution in [0.4, 0.5) is 0 Å². The van der Waals surface area contributed by atoms with Crippen LogP contribution < -0.4 is 19.9 Å². The largest absolute Gasteiger partial charge is 0.550 e. The monoisotopic (exact) mass is 294 g/mol. The Balaban J connectivity index is 2.60. The summed E-state index contributed by atoms with van der Waals surface area (Å²) < 4.78 is 10.8. The predicted octanol–water partition coefficient (Wildman–Crippen LogP) is 0.629. The maximum atomic E-state index is 11.4. The van der Waals surface area contributed by atoms with E-state index in [0.29, 0.717) is 18.0 Å². The summed E-state index contributed by atoms with van der Waals surface area (Å²) in [6.45, 7) is 4.14. The highest BCUT2D eigenvalue weighted by Crippen LogP contribution is 2.28. The van der Waals surface area contributed by atoms with Crippen molar-refractivity contribution in [1.82, 2.24) is 5.32 Å². The molecule has 1 amide bonds. The summed E-state index contributed by atoms with van der Waals surface area (Å²) in [6.07, 6.45) is -0.335. The van der Waals surface area contributed by atoms with Crippen molar-refractivity contribution in [3.8, 4) is 11.5 Å². The molecule has 0 aliphatic rings. The highest BCUT2D eigenvalue weighted by molar-refractivity contribution is 5.79. The molecule has 1 aromatic rings. The molecule has 0 aliphatic carbocycles. The number of ether oxygens (including phenoxy) is 2. The van der Waals surface area contributed by atoms with Gasteiger partial charge in [0.05, 0.1) is 13.2 Å².